The van der Waals surface area contributed by atoms with Crippen molar-refractivity contribution in [2.45, 2.75) is 18.9 Å². The predicted octanol–water partition coefficient (Wildman–Crippen LogP) is 1.54. The van der Waals surface area contributed by atoms with Crippen LogP contribution in [0.3, 0.4) is 0 Å². The van der Waals surface area contributed by atoms with E-state index in [0.29, 0.717) is 6.42 Å². The topological polar surface area (TPSA) is 52.3 Å². The van der Waals surface area contributed by atoms with Crippen molar-refractivity contribution in [3.8, 4) is 0 Å². The van der Waals surface area contributed by atoms with Crippen LogP contribution in [0.2, 0.25) is 0 Å². The first-order valence-corrected chi connectivity index (χ1v) is 4.47. The molecule has 0 radical (unpaired) electrons. The summed E-state index contributed by atoms with van der Waals surface area (Å²) >= 11 is 0. The highest BCUT2D eigenvalue weighted by Gasteiger charge is 2.29. The third-order valence-electron chi connectivity index (χ3n) is 2.07. The average molecular weight is 230 g/mol. The van der Waals surface area contributed by atoms with Crippen LogP contribution in [0.5, 0.6) is 0 Å². The Bertz CT molecular complexity index is 312. The quantitative estimate of drug-likeness (QED) is 0.800. The van der Waals surface area contributed by atoms with Crippen LogP contribution in [0.25, 0.3) is 0 Å². The molecule has 0 amide bonds. The van der Waals surface area contributed by atoms with Crippen LogP contribution in [-0.2, 0) is 16.0 Å². The number of rotatable bonds is 3. The Balaban J connectivity index is 0.00000196. The van der Waals surface area contributed by atoms with Crippen molar-refractivity contribution in [2.24, 2.45) is 5.73 Å². The summed E-state index contributed by atoms with van der Waals surface area (Å²) in [6.07, 6.45) is 0.487. The number of nitrogens with two attached hydrogens (primary N) is 1. The summed E-state index contributed by atoms with van der Waals surface area (Å²) < 4.78 is 4.62. The lowest BCUT2D eigenvalue weighted by molar-refractivity contribution is -0.146. The lowest BCUT2D eigenvalue weighted by atomic mass is 9.94. The molecule has 84 valence electrons. The zero-order valence-corrected chi connectivity index (χ0v) is 9.71. The van der Waals surface area contributed by atoms with Crippen molar-refractivity contribution in [1.82, 2.24) is 0 Å². The van der Waals surface area contributed by atoms with Crippen molar-refractivity contribution in [3.63, 3.8) is 0 Å². The SMILES string of the molecule is COC(=O)C(C)(N)Cc1ccccc1.Cl. The largest absolute Gasteiger partial charge is 0.468 e. The van der Waals surface area contributed by atoms with Gasteiger partial charge in [-0.1, -0.05) is 30.3 Å². The second-order valence-corrected chi connectivity index (χ2v) is 3.57. The second kappa shape index (κ2) is 5.73. The lowest BCUT2D eigenvalue weighted by Gasteiger charge is -2.21. The molecule has 0 saturated heterocycles. The molecule has 0 fully saturated rings. The van der Waals surface area contributed by atoms with Gasteiger partial charge in [-0.25, -0.2) is 0 Å². The molecule has 3 nitrogen and oxygen atoms in total. The molecule has 0 saturated carbocycles. The van der Waals surface area contributed by atoms with Crippen LogP contribution in [0.4, 0.5) is 0 Å². The number of hydrogen-bond acceptors (Lipinski definition) is 3. The van der Waals surface area contributed by atoms with E-state index >= 15 is 0 Å². The normalized spacial score (nSPS) is 13.5. The van der Waals surface area contributed by atoms with Gasteiger partial charge >= 0.3 is 5.97 Å². The van der Waals surface area contributed by atoms with E-state index < -0.39 is 5.54 Å². The molecule has 0 aliphatic rings. The molecule has 1 aromatic rings. The maximum Gasteiger partial charge on any atom is 0.325 e. The van der Waals surface area contributed by atoms with Crippen molar-refractivity contribution in [2.75, 3.05) is 7.11 Å². The van der Waals surface area contributed by atoms with Crippen LogP contribution in [0, 0.1) is 0 Å². The molecule has 1 unspecified atom stereocenters. The second-order valence-electron chi connectivity index (χ2n) is 3.57. The van der Waals surface area contributed by atoms with Crippen molar-refractivity contribution >= 4 is 18.4 Å². The molecule has 0 aliphatic carbocycles. The van der Waals surface area contributed by atoms with Gasteiger partial charge < -0.3 is 10.5 Å². The van der Waals surface area contributed by atoms with Gasteiger partial charge in [-0.15, -0.1) is 12.4 Å². The Hall–Kier alpha value is -1.06. The van der Waals surface area contributed by atoms with E-state index in [4.69, 9.17) is 5.73 Å². The average Bonchev–Trinajstić information content (AvgIpc) is 2.17. The summed E-state index contributed by atoms with van der Waals surface area (Å²) in [5.74, 6) is -0.388. The van der Waals surface area contributed by atoms with Crippen molar-refractivity contribution < 1.29 is 9.53 Å². The molecule has 15 heavy (non-hydrogen) atoms. The van der Waals surface area contributed by atoms with Crippen molar-refractivity contribution in [3.05, 3.63) is 35.9 Å². The Labute approximate surface area is 96.0 Å². The fourth-order valence-corrected chi connectivity index (χ4v) is 1.33. The molecule has 1 atom stereocenters. The standard InChI is InChI=1S/C11H15NO2.ClH/c1-11(12,10(13)14-2)8-9-6-4-3-5-7-9;/h3-7H,8,12H2,1-2H3;1H. The Morgan fingerprint density at radius 1 is 1.40 bits per heavy atom. The number of carbonyl (C=O) groups excluding carboxylic acids is 1. The van der Waals surface area contributed by atoms with Crippen LogP contribution < -0.4 is 5.73 Å². The van der Waals surface area contributed by atoms with E-state index in [-0.39, 0.29) is 18.4 Å². The number of hydrogen-bond donors (Lipinski definition) is 1. The minimum Gasteiger partial charge on any atom is -0.468 e. The van der Waals surface area contributed by atoms with E-state index in [0.717, 1.165) is 5.56 Å². The monoisotopic (exact) mass is 229 g/mol. The molecule has 0 spiro atoms. The summed E-state index contributed by atoms with van der Waals surface area (Å²) in [5, 5.41) is 0. The highest BCUT2D eigenvalue weighted by molar-refractivity contribution is 5.85. The van der Waals surface area contributed by atoms with Gasteiger partial charge in [0.15, 0.2) is 0 Å². The fourth-order valence-electron chi connectivity index (χ4n) is 1.33. The minimum absolute atomic E-state index is 0. The zero-order chi connectivity index (χ0) is 10.6. The van der Waals surface area contributed by atoms with E-state index in [2.05, 4.69) is 4.74 Å². The van der Waals surface area contributed by atoms with Crippen LogP contribution in [0.1, 0.15) is 12.5 Å². The third kappa shape index (κ3) is 3.90. The first kappa shape index (κ1) is 13.9. The molecule has 1 aromatic carbocycles. The number of esters is 1. The summed E-state index contributed by atoms with van der Waals surface area (Å²) in [5.41, 5.74) is 5.91. The molecule has 0 aliphatic heterocycles. The molecule has 0 aromatic heterocycles. The van der Waals surface area contributed by atoms with Gasteiger partial charge in [-0.3, -0.25) is 4.79 Å². The highest BCUT2D eigenvalue weighted by atomic mass is 35.5. The molecule has 0 heterocycles. The summed E-state index contributed by atoms with van der Waals surface area (Å²) in [4.78, 5) is 11.3. The third-order valence-corrected chi connectivity index (χ3v) is 2.07. The van der Waals surface area contributed by atoms with Gasteiger partial charge in [0.1, 0.15) is 5.54 Å². The summed E-state index contributed by atoms with van der Waals surface area (Å²) in [6.45, 7) is 1.67. The van der Waals surface area contributed by atoms with Gasteiger partial charge in [0.05, 0.1) is 7.11 Å². The lowest BCUT2D eigenvalue weighted by Crippen LogP contribution is -2.47. The molecule has 0 bridgehead atoms. The van der Waals surface area contributed by atoms with Crippen molar-refractivity contribution in [1.29, 1.82) is 0 Å². The first-order chi connectivity index (χ1) is 6.56. The number of benzene rings is 1. The Kier molecular flexibility index (Phi) is 5.33. The van der Waals surface area contributed by atoms with Gasteiger partial charge in [-0.2, -0.15) is 0 Å². The fraction of sp³-hybridized carbons (Fsp3) is 0.364. The smallest absolute Gasteiger partial charge is 0.325 e. The van der Waals surface area contributed by atoms with Gasteiger partial charge in [-0.05, 0) is 12.5 Å². The Morgan fingerprint density at radius 3 is 2.40 bits per heavy atom. The molecule has 4 heteroatoms. The van der Waals surface area contributed by atoms with Gasteiger partial charge in [0.25, 0.3) is 0 Å². The molecular weight excluding hydrogens is 214 g/mol. The highest BCUT2D eigenvalue weighted by Crippen LogP contribution is 2.11. The zero-order valence-electron chi connectivity index (χ0n) is 8.90. The molecular formula is C11H16ClNO2. The minimum atomic E-state index is -0.948. The van der Waals surface area contributed by atoms with E-state index in [1.165, 1.54) is 7.11 Å². The van der Waals surface area contributed by atoms with E-state index in [1.54, 1.807) is 6.92 Å². The predicted molar refractivity (Wildman–Crippen MR) is 62.0 cm³/mol. The molecule has 2 N–H and O–H groups in total. The Morgan fingerprint density at radius 2 is 1.93 bits per heavy atom. The number of ether oxygens (including phenoxy) is 1. The molecule has 1 rings (SSSR count). The first-order valence-electron chi connectivity index (χ1n) is 4.47. The number of halogens is 1. The number of methoxy groups -OCH3 is 1. The summed E-state index contributed by atoms with van der Waals surface area (Å²) in [7, 11) is 1.35. The number of carbonyl (C=O) groups is 1. The van der Waals surface area contributed by atoms with Crippen LogP contribution in [-0.4, -0.2) is 18.6 Å². The van der Waals surface area contributed by atoms with Gasteiger partial charge in [0, 0.05) is 6.42 Å². The summed E-state index contributed by atoms with van der Waals surface area (Å²) in [6, 6.07) is 9.64. The van der Waals surface area contributed by atoms with Gasteiger partial charge in [0.2, 0.25) is 0 Å². The maximum atomic E-state index is 11.3. The van der Waals surface area contributed by atoms with Crippen LogP contribution >= 0.6 is 12.4 Å². The van der Waals surface area contributed by atoms with E-state index in [1.807, 2.05) is 30.3 Å². The van der Waals surface area contributed by atoms with Crippen LogP contribution in [0.15, 0.2) is 30.3 Å². The van der Waals surface area contributed by atoms with E-state index in [9.17, 15) is 4.79 Å². The maximum absolute atomic E-state index is 11.3.